The van der Waals surface area contributed by atoms with E-state index in [9.17, 15) is 17.2 Å². The number of hydrogen-bond donors (Lipinski definition) is 3. The molecule has 0 fully saturated rings. The SMILES string of the molecule is NCCNCCC(F)(F)c1ccccc1-c1csc(NS(=O)(=O)c2cccc(Br)c2)n1. The van der Waals surface area contributed by atoms with Crippen molar-refractivity contribution in [2.75, 3.05) is 24.4 Å². The molecule has 0 amide bonds. The number of alkyl halides is 2. The van der Waals surface area contributed by atoms with Gasteiger partial charge in [0.05, 0.1) is 10.6 Å². The number of halogens is 3. The maximum absolute atomic E-state index is 14.9. The Bertz CT molecular complexity index is 1140. The van der Waals surface area contributed by atoms with Gasteiger partial charge in [-0.2, -0.15) is 0 Å². The van der Waals surface area contributed by atoms with E-state index in [2.05, 4.69) is 31.0 Å². The molecule has 2 aromatic carbocycles. The fourth-order valence-corrected chi connectivity index (χ4v) is 5.44. The van der Waals surface area contributed by atoms with E-state index in [4.69, 9.17) is 5.73 Å². The Hall–Kier alpha value is -1.92. The van der Waals surface area contributed by atoms with Crippen LogP contribution in [0.1, 0.15) is 12.0 Å². The third-order valence-corrected chi connectivity index (χ3v) is 7.08. The Kier molecular flexibility index (Phi) is 7.76. The molecule has 3 aromatic rings. The summed E-state index contributed by atoms with van der Waals surface area (Å²) >= 11 is 4.27. The highest BCUT2D eigenvalue weighted by atomic mass is 79.9. The summed E-state index contributed by atoms with van der Waals surface area (Å²) in [4.78, 5) is 4.31. The molecule has 31 heavy (non-hydrogen) atoms. The standard InChI is InChI=1S/C20H21BrF2N4O2S2/c21-14-4-3-5-15(12-14)31(28,29)27-19-26-18(13-30-19)16-6-1-2-7-17(16)20(22,23)8-10-25-11-9-24/h1-7,12-13,25H,8-11,24H2,(H,26,27). The summed E-state index contributed by atoms with van der Waals surface area (Å²) in [7, 11) is -3.86. The first-order valence-electron chi connectivity index (χ1n) is 9.35. The summed E-state index contributed by atoms with van der Waals surface area (Å²) in [6.07, 6.45) is -0.392. The van der Waals surface area contributed by atoms with Crippen LogP contribution >= 0.6 is 27.3 Å². The van der Waals surface area contributed by atoms with Crippen molar-refractivity contribution < 1.29 is 17.2 Å². The average Bonchev–Trinajstić information content (AvgIpc) is 3.19. The van der Waals surface area contributed by atoms with Crippen LogP contribution in [0.2, 0.25) is 0 Å². The Morgan fingerprint density at radius 1 is 1.13 bits per heavy atom. The third kappa shape index (κ3) is 6.07. The average molecular weight is 531 g/mol. The highest BCUT2D eigenvalue weighted by molar-refractivity contribution is 9.10. The van der Waals surface area contributed by atoms with Crippen LogP contribution in [0, 0.1) is 0 Å². The Morgan fingerprint density at radius 3 is 2.65 bits per heavy atom. The van der Waals surface area contributed by atoms with Gasteiger partial charge in [0.2, 0.25) is 0 Å². The van der Waals surface area contributed by atoms with Crippen molar-refractivity contribution in [3.05, 3.63) is 63.9 Å². The monoisotopic (exact) mass is 530 g/mol. The van der Waals surface area contributed by atoms with Crippen molar-refractivity contribution in [1.29, 1.82) is 0 Å². The maximum Gasteiger partial charge on any atom is 0.275 e. The fourth-order valence-electron chi connectivity index (χ4n) is 2.88. The zero-order valence-corrected chi connectivity index (χ0v) is 19.5. The van der Waals surface area contributed by atoms with Crippen LogP contribution in [0.5, 0.6) is 0 Å². The smallest absolute Gasteiger partial charge is 0.275 e. The van der Waals surface area contributed by atoms with E-state index in [1.54, 1.807) is 35.7 Å². The molecular weight excluding hydrogens is 510 g/mol. The lowest BCUT2D eigenvalue weighted by molar-refractivity contribution is -0.0121. The maximum atomic E-state index is 14.9. The lowest BCUT2D eigenvalue weighted by atomic mass is 9.97. The third-order valence-electron chi connectivity index (χ3n) is 4.37. The highest BCUT2D eigenvalue weighted by Crippen LogP contribution is 2.39. The molecule has 0 atom stereocenters. The largest absolute Gasteiger partial charge is 0.329 e. The number of nitrogens with one attached hydrogen (secondary N) is 2. The molecule has 0 aliphatic carbocycles. The summed E-state index contributed by atoms with van der Waals surface area (Å²) in [5.41, 5.74) is 5.76. The molecule has 0 radical (unpaired) electrons. The minimum absolute atomic E-state index is 0.0653. The van der Waals surface area contributed by atoms with Crippen molar-refractivity contribution >= 4 is 42.4 Å². The molecular formula is C20H21BrF2N4O2S2. The van der Waals surface area contributed by atoms with Crippen molar-refractivity contribution in [2.45, 2.75) is 17.2 Å². The van der Waals surface area contributed by atoms with E-state index >= 15 is 0 Å². The minimum atomic E-state index is -3.86. The molecule has 0 aliphatic rings. The number of hydrogen-bond acceptors (Lipinski definition) is 6. The summed E-state index contributed by atoms with van der Waals surface area (Å²) in [6, 6.07) is 12.3. The number of nitrogens with two attached hydrogens (primary N) is 1. The summed E-state index contributed by atoms with van der Waals surface area (Å²) < 4.78 is 57.9. The zero-order chi connectivity index (χ0) is 22.5. The highest BCUT2D eigenvalue weighted by Gasteiger charge is 2.34. The second-order valence-corrected chi connectivity index (χ2v) is 10.1. The van der Waals surface area contributed by atoms with Crippen LogP contribution in [0.3, 0.4) is 0 Å². The first-order valence-corrected chi connectivity index (χ1v) is 12.5. The van der Waals surface area contributed by atoms with Crippen molar-refractivity contribution in [3.8, 4) is 11.3 Å². The number of benzene rings is 2. The van der Waals surface area contributed by atoms with Crippen LogP contribution < -0.4 is 15.8 Å². The van der Waals surface area contributed by atoms with Gasteiger partial charge in [-0.1, -0.05) is 46.3 Å². The fraction of sp³-hybridized carbons (Fsp3) is 0.250. The molecule has 6 nitrogen and oxygen atoms in total. The van der Waals surface area contributed by atoms with Gasteiger partial charge in [-0.05, 0) is 18.2 Å². The van der Waals surface area contributed by atoms with Crippen LogP contribution in [0.4, 0.5) is 13.9 Å². The molecule has 166 valence electrons. The van der Waals surface area contributed by atoms with E-state index in [-0.39, 0.29) is 33.4 Å². The first-order chi connectivity index (χ1) is 14.7. The molecule has 0 saturated carbocycles. The van der Waals surface area contributed by atoms with E-state index in [0.717, 1.165) is 11.3 Å². The van der Waals surface area contributed by atoms with Gasteiger partial charge in [-0.25, -0.2) is 22.2 Å². The van der Waals surface area contributed by atoms with Gasteiger partial charge in [0.25, 0.3) is 15.9 Å². The van der Waals surface area contributed by atoms with Gasteiger partial charge in [-0.3, -0.25) is 4.72 Å². The molecule has 0 aliphatic heterocycles. The molecule has 0 spiro atoms. The van der Waals surface area contributed by atoms with E-state index in [1.807, 2.05) is 0 Å². The molecule has 0 saturated heterocycles. The van der Waals surface area contributed by atoms with Crippen molar-refractivity contribution in [1.82, 2.24) is 10.3 Å². The quantitative estimate of drug-likeness (QED) is 0.337. The van der Waals surface area contributed by atoms with Crippen molar-refractivity contribution in [2.24, 2.45) is 5.73 Å². The van der Waals surface area contributed by atoms with Crippen LogP contribution in [0.25, 0.3) is 11.3 Å². The van der Waals surface area contributed by atoms with Gasteiger partial charge >= 0.3 is 0 Å². The number of rotatable bonds is 10. The van der Waals surface area contributed by atoms with Crippen LogP contribution in [0.15, 0.2) is 63.3 Å². The molecule has 0 unspecified atom stereocenters. The molecule has 3 rings (SSSR count). The first kappa shape index (κ1) is 23.7. The number of sulfonamides is 1. The predicted molar refractivity (Wildman–Crippen MR) is 123 cm³/mol. The second kappa shape index (κ2) is 10.1. The van der Waals surface area contributed by atoms with Gasteiger partial charge in [-0.15, -0.1) is 11.3 Å². The molecule has 1 aromatic heterocycles. The second-order valence-electron chi connectivity index (χ2n) is 6.64. The molecule has 11 heteroatoms. The van der Waals surface area contributed by atoms with E-state index in [0.29, 0.717) is 17.6 Å². The normalized spacial score (nSPS) is 12.1. The van der Waals surface area contributed by atoms with Gasteiger partial charge < -0.3 is 11.1 Å². The summed E-state index contributed by atoms with van der Waals surface area (Å²) in [5.74, 6) is -3.09. The zero-order valence-electron chi connectivity index (χ0n) is 16.3. The number of anilines is 1. The predicted octanol–water partition coefficient (Wildman–Crippen LogP) is 4.40. The van der Waals surface area contributed by atoms with Crippen molar-refractivity contribution in [3.63, 3.8) is 0 Å². The Morgan fingerprint density at radius 2 is 1.90 bits per heavy atom. The van der Waals surface area contributed by atoms with Gasteiger partial charge in [0.1, 0.15) is 0 Å². The Labute approximate surface area is 192 Å². The number of thiazole rings is 1. The number of aromatic nitrogens is 1. The Balaban J connectivity index is 1.83. The lowest BCUT2D eigenvalue weighted by Gasteiger charge is -2.19. The number of nitrogens with zero attached hydrogens (tertiary/aromatic N) is 1. The van der Waals surface area contributed by atoms with E-state index < -0.39 is 22.4 Å². The van der Waals surface area contributed by atoms with Crippen LogP contribution in [-0.2, 0) is 15.9 Å². The van der Waals surface area contributed by atoms with Gasteiger partial charge in [0, 0.05) is 47.0 Å². The van der Waals surface area contributed by atoms with E-state index in [1.165, 1.54) is 18.2 Å². The summed E-state index contributed by atoms with van der Waals surface area (Å²) in [6.45, 7) is 0.957. The van der Waals surface area contributed by atoms with Gasteiger partial charge in [0.15, 0.2) is 5.13 Å². The molecule has 0 bridgehead atoms. The lowest BCUT2D eigenvalue weighted by Crippen LogP contribution is -2.28. The minimum Gasteiger partial charge on any atom is -0.329 e. The van der Waals surface area contributed by atoms with Crippen LogP contribution in [-0.4, -0.2) is 33.0 Å². The summed E-state index contributed by atoms with van der Waals surface area (Å²) in [5, 5.41) is 4.52. The molecule has 1 heterocycles. The topological polar surface area (TPSA) is 97.1 Å². The molecule has 4 N–H and O–H groups in total.